The number of ketones is 1. The maximum Gasteiger partial charge on any atom is 0.509 e. The second-order valence-corrected chi connectivity index (χ2v) is 10.8. The summed E-state index contributed by atoms with van der Waals surface area (Å²) in [6.07, 6.45) is 0.909. The van der Waals surface area contributed by atoms with E-state index in [0.29, 0.717) is 5.76 Å². The van der Waals surface area contributed by atoms with Gasteiger partial charge in [0.25, 0.3) is 0 Å². The molecule has 7 atom stereocenters. The maximum absolute atomic E-state index is 13.9. The van der Waals surface area contributed by atoms with E-state index in [1.165, 1.54) is 6.08 Å². The zero-order chi connectivity index (χ0) is 21.2. The highest BCUT2D eigenvalue weighted by atomic mass is 16.8. The van der Waals surface area contributed by atoms with Crippen molar-refractivity contribution in [3.05, 3.63) is 11.8 Å². The molecular weight excluding hydrogens is 376 g/mol. The minimum atomic E-state index is -1.37. The fourth-order valence-corrected chi connectivity index (χ4v) is 7.45. The predicted octanol–water partition coefficient (Wildman–Crippen LogP) is 3.50. The molecule has 2 aliphatic carbocycles. The van der Waals surface area contributed by atoms with Gasteiger partial charge in [-0.05, 0) is 46.0 Å². The van der Waals surface area contributed by atoms with Gasteiger partial charge in [-0.3, -0.25) is 4.79 Å². The maximum atomic E-state index is 13.9. The average Bonchev–Trinajstić information content (AvgIpc) is 2.94. The summed E-state index contributed by atoms with van der Waals surface area (Å²) in [5, 5.41) is 0. The van der Waals surface area contributed by atoms with Crippen LogP contribution in [0, 0.1) is 16.7 Å². The third-order valence-electron chi connectivity index (χ3n) is 8.17. The SMILES string of the molecule is CC1=CC(=O)[C@@]23OC(C)(C)O[C@H]4CCC(C)(C)[C@H]([C@@H]5OC(=O)O[C@@H]5[C@@]2(C)O1)[C@]43C. The number of hydrogen-bond acceptors (Lipinski definition) is 7. The Morgan fingerprint density at radius 2 is 1.72 bits per heavy atom. The van der Waals surface area contributed by atoms with Gasteiger partial charge in [0.05, 0.1) is 11.9 Å². The van der Waals surface area contributed by atoms with Crippen LogP contribution in [0.25, 0.3) is 0 Å². The van der Waals surface area contributed by atoms with Gasteiger partial charge in [-0.15, -0.1) is 0 Å². The molecule has 5 rings (SSSR count). The number of hydrogen-bond donors (Lipinski definition) is 0. The van der Waals surface area contributed by atoms with Crippen LogP contribution in [0.3, 0.4) is 0 Å². The summed E-state index contributed by atoms with van der Waals surface area (Å²) in [6, 6.07) is 0. The van der Waals surface area contributed by atoms with Gasteiger partial charge in [0, 0.05) is 17.4 Å². The van der Waals surface area contributed by atoms with E-state index in [-0.39, 0.29) is 23.2 Å². The number of fused-ring (bicyclic) bond motifs is 3. The van der Waals surface area contributed by atoms with E-state index in [9.17, 15) is 9.59 Å². The molecule has 0 radical (unpaired) electrons. The molecule has 160 valence electrons. The molecule has 2 saturated carbocycles. The number of rotatable bonds is 0. The Kier molecular flexibility index (Phi) is 3.45. The third kappa shape index (κ3) is 2.01. The number of allylic oxidation sites excluding steroid dienone is 1. The van der Waals surface area contributed by atoms with Crippen LogP contribution in [0.5, 0.6) is 0 Å². The summed E-state index contributed by atoms with van der Waals surface area (Å²) in [7, 11) is 0. The smallest absolute Gasteiger partial charge is 0.484 e. The van der Waals surface area contributed by atoms with Crippen LogP contribution >= 0.6 is 0 Å². The Balaban J connectivity index is 1.86. The van der Waals surface area contributed by atoms with Crippen molar-refractivity contribution < 1.29 is 33.3 Å². The van der Waals surface area contributed by atoms with Crippen molar-refractivity contribution >= 4 is 11.9 Å². The summed E-state index contributed by atoms with van der Waals surface area (Å²) in [4.78, 5) is 26.2. The molecule has 2 saturated heterocycles. The Hall–Kier alpha value is -1.60. The van der Waals surface area contributed by atoms with Crippen molar-refractivity contribution in [2.45, 2.75) is 96.6 Å². The summed E-state index contributed by atoms with van der Waals surface area (Å²) in [5.74, 6) is -0.872. The van der Waals surface area contributed by atoms with Crippen molar-refractivity contribution in [1.82, 2.24) is 0 Å². The monoisotopic (exact) mass is 406 g/mol. The molecule has 29 heavy (non-hydrogen) atoms. The van der Waals surface area contributed by atoms with Gasteiger partial charge >= 0.3 is 6.16 Å². The topological polar surface area (TPSA) is 80.3 Å². The van der Waals surface area contributed by atoms with Crippen LogP contribution in [0.2, 0.25) is 0 Å². The van der Waals surface area contributed by atoms with Gasteiger partial charge in [0.15, 0.2) is 35.0 Å². The summed E-state index contributed by atoms with van der Waals surface area (Å²) >= 11 is 0. The summed E-state index contributed by atoms with van der Waals surface area (Å²) in [5.41, 5.74) is -3.61. The highest BCUT2D eigenvalue weighted by Crippen LogP contribution is 2.71. The average molecular weight is 406 g/mol. The van der Waals surface area contributed by atoms with Crippen LogP contribution in [-0.4, -0.2) is 47.2 Å². The van der Waals surface area contributed by atoms with Crippen LogP contribution in [0.1, 0.15) is 61.3 Å². The van der Waals surface area contributed by atoms with Gasteiger partial charge in [-0.1, -0.05) is 20.8 Å². The van der Waals surface area contributed by atoms with E-state index in [2.05, 4.69) is 20.8 Å². The first-order valence-electron chi connectivity index (χ1n) is 10.5. The first-order valence-corrected chi connectivity index (χ1v) is 10.5. The second kappa shape index (κ2) is 5.17. The minimum Gasteiger partial charge on any atom is -0.484 e. The molecule has 0 N–H and O–H groups in total. The highest BCUT2D eigenvalue weighted by Gasteiger charge is 2.86. The summed E-state index contributed by atoms with van der Waals surface area (Å²) in [6.45, 7) is 13.6. The molecule has 7 heteroatoms. The molecule has 0 aromatic carbocycles. The first-order chi connectivity index (χ1) is 13.3. The lowest BCUT2D eigenvalue weighted by molar-refractivity contribution is -0.444. The zero-order valence-corrected chi connectivity index (χ0v) is 18.2. The van der Waals surface area contributed by atoms with Gasteiger partial charge in [0.2, 0.25) is 0 Å². The molecular formula is C22H30O7. The van der Waals surface area contributed by atoms with E-state index >= 15 is 0 Å². The van der Waals surface area contributed by atoms with E-state index in [1.54, 1.807) is 6.92 Å². The van der Waals surface area contributed by atoms with E-state index in [4.69, 9.17) is 23.7 Å². The van der Waals surface area contributed by atoms with Crippen molar-refractivity contribution in [2.24, 2.45) is 16.7 Å². The Labute approximate surface area is 171 Å². The minimum absolute atomic E-state index is 0.156. The Morgan fingerprint density at radius 1 is 1.03 bits per heavy atom. The predicted molar refractivity (Wildman–Crippen MR) is 101 cm³/mol. The van der Waals surface area contributed by atoms with E-state index < -0.39 is 40.8 Å². The largest absolute Gasteiger partial charge is 0.509 e. The van der Waals surface area contributed by atoms with Crippen LogP contribution in [0.4, 0.5) is 4.79 Å². The Morgan fingerprint density at radius 3 is 2.41 bits per heavy atom. The lowest BCUT2D eigenvalue weighted by Gasteiger charge is -2.73. The second-order valence-electron chi connectivity index (χ2n) is 10.8. The molecule has 1 spiro atoms. The van der Waals surface area contributed by atoms with Crippen LogP contribution in [0.15, 0.2) is 11.8 Å². The van der Waals surface area contributed by atoms with Crippen molar-refractivity contribution in [3.8, 4) is 0 Å². The molecule has 0 aromatic heterocycles. The normalized spacial score (nSPS) is 51.5. The fraction of sp³-hybridized carbons (Fsp3) is 0.818. The van der Waals surface area contributed by atoms with E-state index in [0.717, 1.165) is 12.8 Å². The molecule has 3 heterocycles. The molecule has 0 aromatic rings. The standard InChI is InChI=1S/C22H30O7/c1-11-10-12(23)22-20(6)13(28-19(4,5)29-22)8-9-18(2,3)15(20)14-16(21(22,7)27-11)26-17(24)25-14/h10,13-16H,8-9H2,1-7H3/t13-,14-,15-,16-,20-,21+,22-/m0/s1. The number of carbonyl (C=O) groups excluding carboxylic acids is 2. The van der Waals surface area contributed by atoms with Gasteiger partial charge in [0.1, 0.15) is 0 Å². The van der Waals surface area contributed by atoms with E-state index in [1.807, 2.05) is 20.8 Å². The summed E-state index contributed by atoms with van der Waals surface area (Å²) < 4.78 is 30.8. The van der Waals surface area contributed by atoms with Crippen molar-refractivity contribution in [1.29, 1.82) is 0 Å². The lowest BCUT2D eigenvalue weighted by Crippen LogP contribution is -2.87. The molecule has 3 aliphatic heterocycles. The number of carbonyl (C=O) groups is 2. The third-order valence-corrected chi connectivity index (χ3v) is 8.17. The Bertz CT molecular complexity index is 844. The molecule has 0 amide bonds. The van der Waals surface area contributed by atoms with Crippen LogP contribution < -0.4 is 0 Å². The van der Waals surface area contributed by atoms with Crippen LogP contribution in [-0.2, 0) is 28.5 Å². The molecule has 7 nitrogen and oxygen atoms in total. The van der Waals surface area contributed by atoms with Crippen molar-refractivity contribution in [2.75, 3.05) is 0 Å². The highest BCUT2D eigenvalue weighted by molar-refractivity contribution is 6.01. The molecule has 5 aliphatic rings. The molecule has 0 unspecified atom stereocenters. The molecule has 0 bridgehead atoms. The quantitative estimate of drug-likeness (QED) is 0.570. The lowest BCUT2D eigenvalue weighted by atomic mass is 9.40. The van der Waals surface area contributed by atoms with Gasteiger partial charge < -0.3 is 23.7 Å². The van der Waals surface area contributed by atoms with Gasteiger partial charge in [-0.2, -0.15) is 0 Å². The fourth-order valence-electron chi connectivity index (χ4n) is 7.45. The first kappa shape index (κ1) is 19.4. The zero-order valence-electron chi connectivity index (χ0n) is 18.2. The molecule has 4 fully saturated rings. The number of ether oxygens (including phenoxy) is 5. The van der Waals surface area contributed by atoms with Gasteiger partial charge in [-0.25, -0.2) is 4.79 Å². The van der Waals surface area contributed by atoms with Crippen molar-refractivity contribution in [3.63, 3.8) is 0 Å².